The van der Waals surface area contributed by atoms with Crippen LogP contribution in [0, 0.1) is 13.8 Å². The van der Waals surface area contributed by atoms with Gasteiger partial charge >= 0.3 is 0 Å². The number of anilines is 2. The first-order valence-electron chi connectivity index (χ1n) is 5.91. The molecule has 0 bridgehead atoms. The van der Waals surface area contributed by atoms with Crippen LogP contribution in [0.1, 0.15) is 21.5 Å². The van der Waals surface area contributed by atoms with Gasteiger partial charge in [-0.2, -0.15) is 0 Å². The minimum absolute atomic E-state index is 0.173. The first-order chi connectivity index (χ1) is 8.99. The molecule has 3 N–H and O–H groups in total. The van der Waals surface area contributed by atoms with Gasteiger partial charge < -0.3 is 11.1 Å². The van der Waals surface area contributed by atoms with Crippen molar-refractivity contribution in [2.75, 3.05) is 11.1 Å². The van der Waals surface area contributed by atoms with Crippen LogP contribution in [0.25, 0.3) is 0 Å². The van der Waals surface area contributed by atoms with Crippen LogP contribution in [0.2, 0.25) is 0 Å². The number of nitrogens with one attached hydrogen (secondary N) is 1. The molecule has 2 rings (SSSR count). The van der Waals surface area contributed by atoms with Gasteiger partial charge in [0.2, 0.25) is 0 Å². The molecular formula is C15H15BrN2O. The van der Waals surface area contributed by atoms with Crippen molar-refractivity contribution in [2.45, 2.75) is 13.8 Å². The van der Waals surface area contributed by atoms with Gasteiger partial charge in [0.05, 0.1) is 5.56 Å². The number of nitrogen functional groups attached to an aromatic ring is 1. The summed E-state index contributed by atoms with van der Waals surface area (Å²) in [4.78, 5) is 12.3. The van der Waals surface area contributed by atoms with E-state index in [1.807, 2.05) is 32.0 Å². The van der Waals surface area contributed by atoms with Crippen LogP contribution in [0.3, 0.4) is 0 Å². The fraction of sp³-hybridized carbons (Fsp3) is 0.133. The molecule has 0 aliphatic heterocycles. The van der Waals surface area contributed by atoms with E-state index in [0.29, 0.717) is 11.3 Å². The summed E-state index contributed by atoms with van der Waals surface area (Å²) in [6.45, 7) is 4.00. The minimum Gasteiger partial charge on any atom is -0.399 e. The van der Waals surface area contributed by atoms with E-state index >= 15 is 0 Å². The molecule has 4 heteroatoms. The molecule has 0 aliphatic rings. The maximum Gasteiger partial charge on any atom is 0.256 e. The van der Waals surface area contributed by atoms with Crippen molar-refractivity contribution in [2.24, 2.45) is 0 Å². The second-order valence-corrected chi connectivity index (χ2v) is 5.30. The molecule has 0 spiro atoms. The standard InChI is InChI=1S/C15H15BrN2O/c1-9-4-3-5-14(10(9)2)18-15(19)12-8-11(17)6-7-13(12)16/h3-8H,17H2,1-2H3,(H,18,19). The number of carbonyl (C=O) groups excluding carboxylic acids is 1. The average Bonchev–Trinajstić information content (AvgIpc) is 2.38. The number of rotatable bonds is 2. The molecule has 2 aromatic rings. The Balaban J connectivity index is 2.31. The predicted octanol–water partition coefficient (Wildman–Crippen LogP) is 3.90. The van der Waals surface area contributed by atoms with Gasteiger partial charge in [0, 0.05) is 15.8 Å². The Labute approximate surface area is 121 Å². The molecule has 0 heterocycles. The Morgan fingerprint density at radius 2 is 1.95 bits per heavy atom. The summed E-state index contributed by atoms with van der Waals surface area (Å²) in [6, 6.07) is 11.0. The molecule has 0 aromatic heterocycles. The van der Waals surface area contributed by atoms with Gasteiger partial charge in [0.15, 0.2) is 0 Å². The summed E-state index contributed by atoms with van der Waals surface area (Å²) in [5, 5.41) is 2.91. The highest BCUT2D eigenvalue weighted by molar-refractivity contribution is 9.10. The Bertz CT molecular complexity index is 638. The lowest BCUT2D eigenvalue weighted by molar-refractivity contribution is 0.102. The number of hydrogen-bond donors (Lipinski definition) is 2. The minimum atomic E-state index is -0.173. The summed E-state index contributed by atoms with van der Waals surface area (Å²) < 4.78 is 0.726. The van der Waals surface area contributed by atoms with E-state index in [-0.39, 0.29) is 5.91 Å². The molecule has 19 heavy (non-hydrogen) atoms. The highest BCUT2D eigenvalue weighted by atomic mass is 79.9. The first-order valence-corrected chi connectivity index (χ1v) is 6.71. The molecule has 0 saturated heterocycles. The van der Waals surface area contributed by atoms with Crippen LogP contribution in [0.4, 0.5) is 11.4 Å². The van der Waals surface area contributed by atoms with Crippen molar-refractivity contribution >= 4 is 33.2 Å². The molecule has 1 amide bonds. The first kappa shape index (κ1) is 13.6. The average molecular weight is 319 g/mol. The molecule has 98 valence electrons. The van der Waals surface area contributed by atoms with Crippen molar-refractivity contribution in [1.82, 2.24) is 0 Å². The third-order valence-corrected chi connectivity index (χ3v) is 3.78. The van der Waals surface area contributed by atoms with Gasteiger partial charge in [-0.25, -0.2) is 0 Å². The van der Waals surface area contributed by atoms with Crippen molar-refractivity contribution in [3.05, 3.63) is 57.6 Å². The number of carbonyl (C=O) groups is 1. The monoisotopic (exact) mass is 318 g/mol. The summed E-state index contributed by atoms with van der Waals surface area (Å²) >= 11 is 3.36. The van der Waals surface area contributed by atoms with Crippen LogP contribution >= 0.6 is 15.9 Å². The highest BCUT2D eigenvalue weighted by Gasteiger charge is 2.12. The molecule has 3 nitrogen and oxygen atoms in total. The topological polar surface area (TPSA) is 55.1 Å². The lowest BCUT2D eigenvalue weighted by Gasteiger charge is -2.11. The van der Waals surface area contributed by atoms with Crippen LogP contribution in [-0.2, 0) is 0 Å². The van der Waals surface area contributed by atoms with Crippen molar-refractivity contribution in [1.29, 1.82) is 0 Å². The van der Waals surface area contributed by atoms with Crippen molar-refractivity contribution in [3.63, 3.8) is 0 Å². The molecule has 0 radical (unpaired) electrons. The van der Waals surface area contributed by atoms with Gasteiger partial charge in [0.1, 0.15) is 0 Å². The maximum atomic E-state index is 12.3. The fourth-order valence-corrected chi connectivity index (χ4v) is 2.22. The second kappa shape index (κ2) is 5.45. The van der Waals surface area contributed by atoms with Gasteiger partial charge in [-0.15, -0.1) is 0 Å². The second-order valence-electron chi connectivity index (χ2n) is 4.44. The molecule has 0 atom stereocenters. The smallest absolute Gasteiger partial charge is 0.256 e. The number of nitrogens with two attached hydrogens (primary N) is 1. The summed E-state index contributed by atoms with van der Waals surface area (Å²) in [5.41, 5.74) is 9.83. The fourth-order valence-electron chi connectivity index (χ4n) is 1.79. The molecule has 0 saturated carbocycles. The largest absolute Gasteiger partial charge is 0.399 e. The lowest BCUT2D eigenvalue weighted by Crippen LogP contribution is -2.14. The molecule has 0 fully saturated rings. The molecule has 2 aromatic carbocycles. The quantitative estimate of drug-likeness (QED) is 0.825. The molecule has 0 unspecified atom stereocenters. The Morgan fingerprint density at radius 1 is 1.21 bits per heavy atom. The van der Waals surface area contributed by atoms with Crippen LogP contribution in [0.15, 0.2) is 40.9 Å². The van der Waals surface area contributed by atoms with Gasteiger partial charge in [-0.1, -0.05) is 12.1 Å². The third kappa shape index (κ3) is 2.96. The summed E-state index contributed by atoms with van der Waals surface area (Å²) in [6.07, 6.45) is 0. The van der Waals surface area contributed by atoms with E-state index < -0.39 is 0 Å². The maximum absolute atomic E-state index is 12.3. The Kier molecular flexibility index (Phi) is 3.90. The van der Waals surface area contributed by atoms with E-state index in [0.717, 1.165) is 21.3 Å². The predicted molar refractivity (Wildman–Crippen MR) is 82.4 cm³/mol. The Hall–Kier alpha value is -1.81. The lowest BCUT2D eigenvalue weighted by atomic mass is 10.1. The molecular weight excluding hydrogens is 304 g/mol. The van der Waals surface area contributed by atoms with E-state index in [9.17, 15) is 4.79 Å². The summed E-state index contributed by atoms with van der Waals surface area (Å²) in [5.74, 6) is -0.173. The number of aryl methyl sites for hydroxylation is 1. The van der Waals surface area contributed by atoms with Gasteiger partial charge in [-0.05, 0) is 65.2 Å². The zero-order chi connectivity index (χ0) is 14.0. The van der Waals surface area contributed by atoms with E-state index in [2.05, 4.69) is 21.2 Å². The van der Waals surface area contributed by atoms with E-state index in [1.165, 1.54) is 0 Å². The Morgan fingerprint density at radius 3 is 2.68 bits per heavy atom. The number of amides is 1. The zero-order valence-corrected chi connectivity index (χ0v) is 12.4. The normalized spacial score (nSPS) is 10.3. The third-order valence-electron chi connectivity index (χ3n) is 3.09. The highest BCUT2D eigenvalue weighted by Crippen LogP contribution is 2.23. The SMILES string of the molecule is Cc1cccc(NC(=O)c2cc(N)ccc2Br)c1C. The summed E-state index contributed by atoms with van der Waals surface area (Å²) in [7, 11) is 0. The van der Waals surface area contributed by atoms with Gasteiger partial charge in [0.25, 0.3) is 5.91 Å². The van der Waals surface area contributed by atoms with E-state index in [4.69, 9.17) is 5.73 Å². The van der Waals surface area contributed by atoms with E-state index in [1.54, 1.807) is 18.2 Å². The van der Waals surface area contributed by atoms with Crippen molar-refractivity contribution < 1.29 is 4.79 Å². The van der Waals surface area contributed by atoms with Crippen molar-refractivity contribution in [3.8, 4) is 0 Å². The zero-order valence-electron chi connectivity index (χ0n) is 10.8. The van der Waals surface area contributed by atoms with Gasteiger partial charge in [-0.3, -0.25) is 4.79 Å². The number of hydrogen-bond acceptors (Lipinski definition) is 2. The van der Waals surface area contributed by atoms with Crippen LogP contribution in [-0.4, -0.2) is 5.91 Å². The number of benzene rings is 2. The van der Waals surface area contributed by atoms with Crippen LogP contribution in [0.5, 0.6) is 0 Å². The van der Waals surface area contributed by atoms with Crippen LogP contribution < -0.4 is 11.1 Å². The molecule has 0 aliphatic carbocycles. The number of halogens is 1.